The largest absolute Gasteiger partial charge is 0.479 e. The van der Waals surface area contributed by atoms with Crippen molar-refractivity contribution in [3.05, 3.63) is 149 Å². The van der Waals surface area contributed by atoms with E-state index in [2.05, 4.69) is 21.8 Å². The summed E-state index contributed by atoms with van der Waals surface area (Å²) in [7, 11) is 0. The van der Waals surface area contributed by atoms with Gasteiger partial charge in [0, 0.05) is 54.3 Å². The fourth-order valence-corrected chi connectivity index (χ4v) is 16.1. The fraction of sp³-hybridized carbons (Fsp3) is 0.231. The molecule has 2 aliphatic heterocycles. The number of Topliss-reactive ketones (excluding diaryl/α,β-unsaturated/α-hetero) is 2. The second-order valence-corrected chi connectivity index (χ2v) is 21.2. The van der Waals surface area contributed by atoms with Gasteiger partial charge in [-0.2, -0.15) is 0 Å². The number of rotatable bonds is 2. The second kappa shape index (κ2) is 14.4. The first-order valence-electron chi connectivity index (χ1n) is 21.3. The Labute approximate surface area is 384 Å². The Hall–Kier alpha value is -6.64. The van der Waals surface area contributed by atoms with Crippen LogP contribution in [0.25, 0.3) is 61.9 Å². The van der Waals surface area contributed by atoms with Gasteiger partial charge < -0.3 is 9.47 Å². The van der Waals surface area contributed by atoms with E-state index in [1.54, 1.807) is 57.5 Å². The number of carbonyl (C=O) groups is 2. The molecule has 12 rings (SSSR count). The number of fused-ring (bicyclic) bond motifs is 13. The van der Waals surface area contributed by atoms with Crippen LogP contribution in [0.5, 0.6) is 11.5 Å². The number of ketones is 2. The maximum absolute atomic E-state index is 13.9. The van der Waals surface area contributed by atoms with E-state index in [1.807, 2.05) is 60.7 Å². The van der Waals surface area contributed by atoms with Crippen LogP contribution in [-0.4, -0.2) is 11.6 Å². The van der Waals surface area contributed by atoms with Crippen LogP contribution in [0.15, 0.2) is 83.2 Å². The molecule has 2 spiro atoms. The molecule has 4 aliphatic carbocycles. The molecular formula is C52H32N4O4S4. The molecule has 64 heavy (non-hydrogen) atoms. The third-order valence-electron chi connectivity index (χ3n) is 13.6. The number of nitriles is 2. The zero-order chi connectivity index (χ0) is 43.5. The highest BCUT2D eigenvalue weighted by Gasteiger charge is 2.49. The highest BCUT2D eigenvalue weighted by Crippen LogP contribution is 2.66. The molecule has 6 aromatic rings. The van der Waals surface area contributed by atoms with E-state index in [4.69, 9.17) is 22.6 Å². The SMILES string of the molecule is [C-]#[N+]/C(C#N)=C1\C(=C\c2cc3c(s2)-c2sc4c5c(sc4c2OC32CCCCC2)-c2sc(/C=C3\C(=O)c4ccccc4\C3=C(\C#N)[N+]#[C-])cc2C2(CCCCC2)O5)C(=O)c2ccccc21. The van der Waals surface area contributed by atoms with E-state index >= 15 is 0 Å². The summed E-state index contributed by atoms with van der Waals surface area (Å²) in [5.74, 6) is 1.39. The molecule has 2 aromatic carbocycles. The summed E-state index contributed by atoms with van der Waals surface area (Å²) in [4.78, 5) is 41.1. The third-order valence-corrected chi connectivity index (χ3v) is 18.6. The van der Waals surface area contributed by atoms with Crippen LogP contribution < -0.4 is 9.47 Å². The average Bonchev–Trinajstić information content (AvgIpc) is 4.18. The molecule has 0 N–H and O–H groups in total. The number of hydrogen-bond acceptors (Lipinski definition) is 10. The first-order chi connectivity index (χ1) is 31.3. The number of hydrogen-bond donors (Lipinski definition) is 0. The van der Waals surface area contributed by atoms with Crippen LogP contribution in [0.3, 0.4) is 0 Å². The van der Waals surface area contributed by atoms with Gasteiger partial charge in [-0.25, -0.2) is 20.2 Å². The van der Waals surface area contributed by atoms with Gasteiger partial charge in [-0.05, 0) is 86.8 Å². The molecule has 0 amide bonds. The van der Waals surface area contributed by atoms with Gasteiger partial charge in [-0.15, -0.1) is 45.3 Å². The first kappa shape index (κ1) is 39.0. The van der Waals surface area contributed by atoms with Crippen LogP contribution in [0, 0.1) is 35.8 Å². The van der Waals surface area contributed by atoms with Gasteiger partial charge in [-0.3, -0.25) is 9.59 Å². The van der Waals surface area contributed by atoms with Crippen molar-refractivity contribution < 1.29 is 19.1 Å². The Balaban J connectivity index is 1.02. The summed E-state index contributed by atoms with van der Waals surface area (Å²) >= 11 is 6.67. The van der Waals surface area contributed by atoms with Crippen LogP contribution in [0.1, 0.15) is 117 Å². The molecule has 2 saturated carbocycles. The van der Waals surface area contributed by atoms with E-state index in [0.29, 0.717) is 44.5 Å². The Kier molecular flexibility index (Phi) is 8.80. The predicted molar refractivity (Wildman–Crippen MR) is 253 cm³/mol. The van der Waals surface area contributed by atoms with Gasteiger partial charge in [0.15, 0.2) is 23.1 Å². The minimum absolute atomic E-state index is 0.0932. The average molecular weight is 905 g/mol. The number of benzene rings is 2. The molecule has 308 valence electrons. The fourth-order valence-electron chi connectivity index (χ4n) is 10.8. The Morgan fingerprint density at radius 2 is 0.969 bits per heavy atom. The lowest BCUT2D eigenvalue weighted by atomic mass is 9.78. The molecule has 0 bridgehead atoms. The quantitative estimate of drug-likeness (QED) is 0.0972. The highest BCUT2D eigenvalue weighted by atomic mass is 32.1. The van der Waals surface area contributed by atoms with Crippen LogP contribution >= 0.6 is 45.3 Å². The molecule has 0 saturated heterocycles. The summed E-state index contributed by atoms with van der Waals surface area (Å²) in [5.41, 5.74) is 4.77. The number of carbonyl (C=O) groups excluding carboxylic acids is 2. The summed E-state index contributed by atoms with van der Waals surface area (Å²) in [6, 6.07) is 22.9. The van der Waals surface area contributed by atoms with Gasteiger partial charge >= 0.3 is 0 Å². The van der Waals surface area contributed by atoms with Crippen molar-refractivity contribution in [2.24, 2.45) is 0 Å². The molecule has 6 heterocycles. The third kappa shape index (κ3) is 5.44. The molecule has 2 fully saturated rings. The number of allylic oxidation sites excluding steroid dienone is 6. The molecule has 6 aliphatic rings. The van der Waals surface area contributed by atoms with Gasteiger partial charge in [-0.1, -0.05) is 61.4 Å². The van der Waals surface area contributed by atoms with Crippen molar-refractivity contribution in [2.45, 2.75) is 75.4 Å². The van der Waals surface area contributed by atoms with E-state index in [0.717, 1.165) is 125 Å². The van der Waals surface area contributed by atoms with E-state index in [1.165, 1.54) is 0 Å². The van der Waals surface area contributed by atoms with Gasteiger partial charge in [0.25, 0.3) is 11.4 Å². The highest BCUT2D eigenvalue weighted by molar-refractivity contribution is 7.35. The van der Waals surface area contributed by atoms with Gasteiger partial charge in [0.05, 0.1) is 54.2 Å². The van der Waals surface area contributed by atoms with Crippen molar-refractivity contribution in [3.63, 3.8) is 0 Å². The minimum atomic E-state index is -0.537. The lowest BCUT2D eigenvalue weighted by Gasteiger charge is -2.41. The number of ether oxygens (including phenoxy) is 2. The van der Waals surface area contributed by atoms with Crippen molar-refractivity contribution in [3.8, 4) is 43.1 Å². The van der Waals surface area contributed by atoms with E-state index in [-0.39, 0.29) is 23.0 Å². The Bertz CT molecular complexity index is 3190. The van der Waals surface area contributed by atoms with Crippen molar-refractivity contribution in [1.29, 1.82) is 10.5 Å². The van der Waals surface area contributed by atoms with Crippen molar-refractivity contribution in [2.75, 3.05) is 0 Å². The van der Waals surface area contributed by atoms with Crippen LogP contribution in [0.4, 0.5) is 0 Å². The van der Waals surface area contributed by atoms with Crippen molar-refractivity contribution >= 4 is 89.6 Å². The lowest BCUT2D eigenvalue weighted by Crippen LogP contribution is -2.37. The second-order valence-electron chi connectivity index (χ2n) is 17.0. The minimum Gasteiger partial charge on any atom is -0.479 e. The summed E-state index contributed by atoms with van der Waals surface area (Å²) in [6.45, 7) is 15.6. The van der Waals surface area contributed by atoms with Crippen molar-refractivity contribution in [1.82, 2.24) is 0 Å². The predicted octanol–water partition coefficient (Wildman–Crippen LogP) is 14.4. The maximum Gasteiger partial charge on any atom is 0.270 e. The monoisotopic (exact) mass is 904 g/mol. The summed E-state index contributed by atoms with van der Waals surface area (Å²) in [6.07, 6.45) is 13.6. The maximum atomic E-state index is 13.9. The van der Waals surface area contributed by atoms with E-state index < -0.39 is 11.2 Å². The molecule has 0 radical (unpaired) electrons. The molecular weight excluding hydrogens is 873 g/mol. The zero-order valence-corrected chi connectivity index (χ0v) is 37.3. The standard InChI is InChI=1S/C52H32N4O4S4/c1-55-37(25-53)39-29-13-5-7-15-31(29)41(57)33(39)21-27-23-35-45(61-27)47-43(59-51(35)17-9-3-10-18-51)49-50(63-47)44-48(64-49)46-36(52(60-44)19-11-4-12-20-52)24-28(62-46)22-34-40(38(26-54)56-2)30-14-6-8-16-32(30)42(34)58/h5-8,13-16,21-24H,3-4,9-12,17-20H2/b33-21-,34-22-,39-37-,40-38+. The molecule has 8 nitrogen and oxygen atoms in total. The Morgan fingerprint density at radius 3 is 1.34 bits per heavy atom. The first-order valence-corrected chi connectivity index (χ1v) is 24.6. The molecule has 0 atom stereocenters. The molecule has 0 unspecified atom stereocenters. The molecule has 4 aromatic heterocycles. The zero-order valence-electron chi connectivity index (χ0n) is 34.1. The lowest BCUT2D eigenvalue weighted by molar-refractivity contribution is 0.0258. The number of nitrogens with zero attached hydrogens (tertiary/aromatic N) is 4. The molecule has 12 heteroatoms. The van der Waals surface area contributed by atoms with E-state index in [9.17, 15) is 20.1 Å². The van der Waals surface area contributed by atoms with Crippen LogP contribution in [-0.2, 0) is 11.2 Å². The summed E-state index contributed by atoms with van der Waals surface area (Å²) < 4.78 is 16.9. The van der Waals surface area contributed by atoms with Gasteiger partial charge in [0.1, 0.15) is 11.2 Å². The smallest absolute Gasteiger partial charge is 0.270 e. The summed E-state index contributed by atoms with van der Waals surface area (Å²) in [5, 5.41) is 20.0. The van der Waals surface area contributed by atoms with Gasteiger partial charge in [0.2, 0.25) is 0 Å². The Morgan fingerprint density at radius 1 is 0.578 bits per heavy atom. The topological polar surface area (TPSA) is 109 Å². The number of thiophene rings is 4. The van der Waals surface area contributed by atoms with Crippen LogP contribution in [0.2, 0.25) is 0 Å². The normalized spacial score (nSPS) is 21.1.